The van der Waals surface area contributed by atoms with E-state index in [4.69, 9.17) is 4.98 Å². The second-order valence-corrected chi connectivity index (χ2v) is 7.76. The highest BCUT2D eigenvalue weighted by Crippen LogP contribution is 2.30. The molecule has 0 amide bonds. The number of aryl methyl sites for hydroxylation is 2. The van der Waals surface area contributed by atoms with E-state index < -0.39 is 0 Å². The van der Waals surface area contributed by atoms with Crippen LogP contribution >= 0.6 is 11.3 Å². The number of rotatable bonds is 4. The van der Waals surface area contributed by atoms with Gasteiger partial charge in [0, 0.05) is 5.39 Å². The summed E-state index contributed by atoms with van der Waals surface area (Å²) in [6.07, 6.45) is 2.87. The van der Waals surface area contributed by atoms with Gasteiger partial charge in [-0.2, -0.15) is 5.10 Å². The molecule has 2 aromatic carbocycles. The number of hydrogen-bond acceptors (Lipinski definition) is 5. The molecule has 0 saturated carbocycles. The predicted molar refractivity (Wildman–Crippen MR) is 116 cm³/mol. The molecule has 28 heavy (non-hydrogen) atoms. The Balaban J connectivity index is 1.51. The van der Waals surface area contributed by atoms with Gasteiger partial charge in [0.25, 0.3) is 0 Å². The number of nitrogens with one attached hydrogen (secondary N) is 1. The van der Waals surface area contributed by atoms with Crippen molar-refractivity contribution in [2.24, 2.45) is 0 Å². The fourth-order valence-electron chi connectivity index (χ4n) is 3.33. The van der Waals surface area contributed by atoms with Crippen LogP contribution in [0.25, 0.3) is 26.9 Å². The molecule has 0 saturated heterocycles. The summed E-state index contributed by atoms with van der Waals surface area (Å²) in [6, 6.07) is 18.6. The van der Waals surface area contributed by atoms with E-state index in [0.29, 0.717) is 0 Å². The zero-order valence-corrected chi connectivity index (χ0v) is 16.5. The first-order valence-electron chi connectivity index (χ1n) is 9.28. The van der Waals surface area contributed by atoms with E-state index >= 15 is 0 Å². The van der Waals surface area contributed by atoms with Gasteiger partial charge in [-0.25, -0.2) is 14.6 Å². The summed E-state index contributed by atoms with van der Waals surface area (Å²) in [6.45, 7) is 4.18. The second kappa shape index (κ2) is 6.73. The summed E-state index contributed by atoms with van der Waals surface area (Å²) in [7, 11) is 0. The van der Waals surface area contributed by atoms with Crippen molar-refractivity contribution < 1.29 is 0 Å². The first-order valence-corrected chi connectivity index (χ1v) is 10.1. The third kappa shape index (κ3) is 2.92. The number of pyridine rings is 1. The summed E-state index contributed by atoms with van der Waals surface area (Å²) in [5.41, 5.74) is 6.07. The number of aromatic nitrogens is 4. The maximum Gasteiger partial charge on any atom is 0.188 e. The molecule has 0 atom stereocenters. The maximum atomic E-state index is 4.70. The van der Waals surface area contributed by atoms with Crippen molar-refractivity contribution in [3.05, 3.63) is 72.1 Å². The molecule has 3 heterocycles. The summed E-state index contributed by atoms with van der Waals surface area (Å²) in [5, 5.41) is 9.99. The quantitative estimate of drug-likeness (QED) is 0.435. The van der Waals surface area contributed by atoms with Crippen LogP contribution in [0.2, 0.25) is 0 Å². The van der Waals surface area contributed by atoms with Crippen molar-refractivity contribution in [2.45, 2.75) is 20.3 Å². The van der Waals surface area contributed by atoms with Gasteiger partial charge in [-0.05, 0) is 49.2 Å². The van der Waals surface area contributed by atoms with Crippen LogP contribution in [0.3, 0.4) is 0 Å². The van der Waals surface area contributed by atoms with Crippen LogP contribution in [-0.4, -0.2) is 19.7 Å². The van der Waals surface area contributed by atoms with E-state index in [1.807, 2.05) is 48.1 Å². The van der Waals surface area contributed by atoms with Crippen molar-refractivity contribution in [2.75, 3.05) is 5.32 Å². The average Bonchev–Trinajstić information content (AvgIpc) is 3.28. The number of para-hydroxylation sites is 1. The minimum Gasteiger partial charge on any atom is -0.330 e. The molecule has 0 aliphatic carbocycles. The van der Waals surface area contributed by atoms with Crippen LogP contribution in [0.4, 0.5) is 10.8 Å². The molecule has 6 heteroatoms. The van der Waals surface area contributed by atoms with Gasteiger partial charge in [-0.3, -0.25) is 0 Å². The Hall–Kier alpha value is -3.25. The van der Waals surface area contributed by atoms with Crippen molar-refractivity contribution >= 4 is 43.4 Å². The normalized spacial score (nSPS) is 11.4. The van der Waals surface area contributed by atoms with E-state index in [2.05, 4.69) is 46.6 Å². The minimum absolute atomic E-state index is 0.853. The van der Waals surface area contributed by atoms with E-state index in [0.717, 1.165) is 45.2 Å². The van der Waals surface area contributed by atoms with Gasteiger partial charge in [0.2, 0.25) is 0 Å². The monoisotopic (exact) mass is 385 g/mol. The maximum absolute atomic E-state index is 4.70. The molecule has 0 fully saturated rings. The van der Waals surface area contributed by atoms with Gasteiger partial charge in [0.15, 0.2) is 10.8 Å². The zero-order valence-electron chi connectivity index (χ0n) is 15.7. The fourth-order valence-corrected chi connectivity index (χ4v) is 4.28. The largest absolute Gasteiger partial charge is 0.330 e. The van der Waals surface area contributed by atoms with E-state index in [1.165, 1.54) is 10.3 Å². The molecule has 0 spiro atoms. The van der Waals surface area contributed by atoms with E-state index in [9.17, 15) is 0 Å². The molecule has 0 aliphatic rings. The lowest BCUT2D eigenvalue weighted by Gasteiger charge is -2.04. The summed E-state index contributed by atoms with van der Waals surface area (Å²) < 4.78 is 3.09. The molecule has 5 aromatic rings. The average molecular weight is 385 g/mol. The molecule has 138 valence electrons. The Morgan fingerprint density at radius 2 is 1.93 bits per heavy atom. The molecular formula is C22H19N5S. The van der Waals surface area contributed by atoms with Gasteiger partial charge >= 0.3 is 0 Å². The van der Waals surface area contributed by atoms with Crippen LogP contribution in [0.5, 0.6) is 0 Å². The van der Waals surface area contributed by atoms with Crippen LogP contribution in [0, 0.1) is 6.92 Å². The van der Waals surface area contributed by atoms with Gasteiger partial charge in [-0.15, -0.1) is 0 Å². The third-order valence-electron chi connectivity index (χ3n) is 4.82. The van der Waals surface area contributed by atoms with Crippen molar-refractivity contribution in [3.8, 4) is 5.69 Å². The van der Waals surface area contributed by atoms with E-state index in [-0.39, 0.29) is 0 Å². The number of hydrogen-bond donors (Lipinski definition) is 1. The molecule has 0 bridgehead atoms. The Morgan fingerprint density at radius 3 is 2.75 bits per heavy atom. The Morgan fingerprint density at radius 1 is 1.07 bits per heavy atom. The Kier molecular flexibility index (Phi) is 4.06. The number of nitrogens with zero attached hydrogens (tertiary/aromatic N) is 4. The lowest BCUT2D eigenvalue weighted by atomic mass is 10.2. The molecule has 0 aliphatic heterocycles. The standard InChI is InChI=1S/C22H19N5S/c1-3-15-9-10-19-20(11-15)28-22(25-19)24-16-12-18-14(2)26-27(21(18)23-13-16)17-7-5-4-6-8-17/h4-13H,3H2,1-2H3,(H,24,25). The number of benzene rings is 2. The van der Waals surface area contributed by atoms with Crippen molar-refractivity contribution in [1.82, 2.24) is 19.7 Å². The van der Waals surface area contributed by atoms with Crippen molar-refractivity contribution in [1.29, 1.82) is 0 Å². The first kappa shape index (κ1) is 16.9. The van der Waals surface area contributed by atoms with Gasteiger partial charge in [-0.1, -0.05) is 42.5 Å². The highest BCUT2D eigenvalue weighted by Gasteiger charge is 2.12. The number of thiazole rings is 1. The smallest absolute Gasteiger partial charge is 0.188 e. The van der Waals surface area contributed by atoms with Crippen molar-refractivity contribution in [3.63, 3.8) is 0 Å². The molecule has 0 radical (unpaired) electrons. The zero-order chi connectivity index (χ0) is 19.1. The highest BCUT2D eigenvalue weighted by molar-refractivity contribution is 7.22. The molecule has 5 nitrogen and oxygen atoms in total. The SMILES string of the molecule is CCc1ccc2nc(Nc3cnc4c(c3)c(C)nn4-c3ccccc3)sc2c1. The first-order chi connectivity index (χ1) is 13.7. The Labute approximate surface area is 166 Å². The molecule has 3 aromatic heterocycles. The summed E-state index contributed by atoms with van der Waals surface area (Å²) >= 11 is 1.66. The fraction of sp³-hybridized carbons (Fsp3) is 0.136. The number of fused-ring (bicyclic) bond motifs is 2. The Bertz CT molecular complexity index is 1290. The van der Waals surface area contributed by atoms with Gasteiger partial charge in [0.1, 0.15) is 0 Å². The second-order valence-electron chi connectivity index (χ2n) is 6.73. The summed E-state index contributed by atoms with van der Waals surface area (Å²) in [4.78, 5) is 9.37. The third-order valence-corrected chi connectivity index (χ3v) is 5.75. The molecule has 5 rings (SSSR count). The highest BCUT2D eigenvalue weighted by atomic mass is 32.1. The molecule has 0 unspecified atom stereocenters. The number of anilines is 2. The molecule has 1 N–H and O–H groups in total. The van der Waals surface area contributed by atoms with Crippen LogP contribution < -0.4 is 5.32 Å². The minimum atomic E-state index is 0.853. The van der Waals surface area contributed by atoms with E-state index in [1.54, 1.807) is 11.3 Å². The van der Waals surface area contributed by atoms with Crippen LogP contribution in [0.15, 0.2) is 60.8 Å². The lowest BCUT2D eigenvalue weighted by molar-refractivity contribution is 0.878. The predicted octanol–water partition coefficient (Wildman–Crippen LogP) is 5.64. The van der Waals surface area contributed by atoms with Gasteiger partial charge < -0.3 is 5.32 Å². The lowest BCUT2D eigenvalue weighted by Crippen LogP contribution is -1.97. The molecular weight excluding hydrogens is 366 g/mol. The van der Waals surface area contributed by atoms with Gasteiger partial charge in [0.05, 0.1) is 33.5 Å². The van der Waals surface area contributed by atoms with Crippen LogP contribution in [-0.2, 0) is 6.42 Å². The summed E-state index contributed by atoms with van der Waals surface area (Å²) in [5.74, 6) is 0. The van der Waals surface area contributed by atoms with Crippen LogP contribution in [0.1, 0.15) is 18.2 Å². The topological polar surface area (TPSA) is 55.6 Å².